The molecular formula is C17H16N2O3. The van der Waals surface area contributed by atoms with Crippen LogP contribution in [0.25, 0.3) is 0 Å². The largest absolute Gasteiger partial charge is 0.507 e. The normalized spacial score (nSPS) is 17.6. The molecule has 0 aliphatic carbocycles. The quantitative estimate of drug-likeness (QED) is 0.697. The number of nitrogens with zero attached hydrogens (tertiary/aromatic N) is 2. The number of phenolic OH excluding ortho intramolecular Hbond substituents is 1. The van der Waals surface area contributed by atoms with Crippen molar-refractivity contribution in [3.63, 3.8) is 0 Å². The minimum atomic E-state index is -0.0438. The van der Waals surface area contributed by atoms with Crippen molar-refractivity contribution in [1.82, 2.24) is 5.01 Å². The summed E-state index contributed by atoms with van der Waals surface area (Å²) in [4.78, 5) is 11.8. The van der Waals surface area contributed by atoms with Crippen molar-refractivity contribution in [1.29, 1.82) is 0 Å². The Hall–Kier alpha value is -2.82. The molecule has 3 rings (SSSR count). The molecule has 2 aromatic carbocycles. The van der Waals surface area contributed by atoms with Gasteiger partial charge < -0.3 is 9.84 Å². The third kappa shape index (κ3) is 2.65. The summed E-state index contributed by atoms with van der Waals surface area (Å²) in [5.74, 6) is 0.676. The van der Waals surface area contributed by atoms with Crippen molar-refractivity contribution in [3.05, 3.63) is 59.7 Å². The van der Waals surface area contributed by atoms with E-state index in [2.05, 4.69) is 5.10 Å². The molecule has 1 unspecified atom stereocenters. The Labute approximate surface area is 128 Å². The third-order valence-corrected chi connectivity index (χ3v) is 3.66. The molecule has 0 aromatic heterocycles. The van der Waals surface area contributed by atoms with Gasteiger partial charge in [-0.25, -0.2) is 5.01 Å². The molecule has 2 aromatic rings. The SMILES string of the molecule is COc1ccc(O)c(C=NN2C(=O)CC2c2ccccc2)c1. The van der Waals surface area contributed by atoms with Crippen LogP contribution in [0, 0.1) is 0 Å². The van der Waals surface area contributed by atoms with Crippen LogP contribution in [0.5, 0.6) is 11.5 Å². The first-order chi connectivity index (χ1) is 10.7. The highest BCUT2D eigenvalue weighted by molar-refractivity contribution is 5.88. The molecule has 5 heteroatoms. The van der Waals surface area contributed by atoms with E-state index in [4.69, 9.17) is 4.74 Å². The van der Waals surface area contributed by atoms with Crippen molar-refractivity contribution in [2.45, 2.75) is 12.5 Å². The average Bonchev–Trinajstić information content (AvgIpc) is 2.55. The maximum atomic E-state index is 11.8. The summed E-state index contributed by atoms with van der Waals surface area (Å²) >= 11 is 0. The van der Waals surface area contributed by atoms with E-state index in [1.54, 1.807) is 19.2 Å². The zero-order valence-electron chi connectivity index (χ0n) is 12.1. The summed E-state index contributed by atoms with van der Waals surface area (Å²) < 4.78 is 5.12. The molecular weight excluding hydrogens is 280 g/mol. The molecule has 0 saturated carbocycles. The number of benzene rings is 2. The zero-order chi connectivity index (χ0) is 15.5. The molecule has 0 radical (unpaired) electrons. The molecule has 22 heavy (non-hydrogen) atoms. The Bertz CT molecular complexity index is 713. The van der Waals surface area contributed by atoms with Crippen molar-refractivity contribution >= 4 is 12.1 Å². The zero-order valence-corrected chi connectivity index (χ0v) is 12.1. The Morgan fingerprint density at radius 1 is 1.27 bits per heavy atom. The fourth-order valence-corrected chi connectivity index (χ4v) is 2.37. The number of hydrogen-bond donors (Lipinski definition) is 1. The van der Waals surface area contributed by atoms with Crippen molar-refractivity contribution in [2.75, 3.05) is 7.11 Å². The van der Waals surface area contributed by atoms with Crippen LogP contribution in [-0.2, 0) is 4.79 Å². The number of hydrogen-bond acceptors (Lipinski definition) is 4. The molecule has 0 bridgehead atoms. The summed E-state index contributed by atoms with van der Waals surface area (Å²) in [5, 5.41) is 15.5. The van der Waals surface area contributed by atoms with E-state index in [-0.39, 0.29) is 17.7 Å². The molecule has 0 spiro atoms. The first-order valence-corrected chi connectivity index (χ1v) is 6.97. The van der Waals surface area contributed by atoms with Gasteiger partial charge in [0, 0.05) is 5.56 Å². The number of phenols is 1. The number of carbonyl (C=O) groups excluding carboxylic acids is 1. The predicted molar refractivity (Wildman–Crippen MR) is 82.9 cm³/mol. The lowest BCUT2D eigenvalue weighted by Gasteiger charge is -2.36. The van der Waals surface area contributed by atoms with Gasteiger partial charge in [-0.15, -0.1) is 0 Å². The van der Waals surface area contributed by atoms with Crippen LogP contribution in [0.2, 0.25) is 0 Å². The van der Waals surface area contributed by atoms with Gasteiger partial charge in [-0.3, -0.25) is 4.79 Å². The topological polar surface area (TPSA) is 62.1 Å². The number of hydrazone groups is 1. The number of methoxy groups -OCH3 is 1. The lowest BCUT2D eigenvalue weighted by molar-refractivity contribution is -0.146. The van der Waals surface area contributed by atoms with Gasteiger partial charge >= 0.3 is 0 Å². The molecule has 1 amide bonds. The van der Waals surface area contributed by atoms with Crippen LogP contribution in [-0.4, -0.2) is 29.3 Å². The number of amides is 1. The number of carbonyl (C=O) groups is 1. The van der Waals surface area contributed by atoms with Gasteiger partial charge in [0.25, 0.3) is 0 Å². The van der Waals surface area contributed by atoms with Crippen LogP contribution in [0.3, 0.4) is 0 Å². The Balaban J connectivity index is 1.81. The van der Waals surface area contributed by atoms with Crippen molar-refractivity contribution in [2.24, 2.45) is 5.10 Å². The number of rotatable bonds is 4. The van der Waals surface area contributed by atoms with Crippen LogP contribution in [0.1, 0.15) is 23.6 Å². The molecule has 1 N–H and O–H groups in total. The number of ether oxygens (including phenoxy) is 1. The van der Waals surface area contributed by atoms with Crippen LogP contribution < -0.4 is 4.74 Å². The van der Waals surface area contributed by atoms with E-state index < -0.39 is 0 Å². The highest BCUT2D eigenvalue weighted by atomic mass is 16.5. The van der Waals surface area contributed by atoms with E-state index in [0.29, 0.717) is 17.7 Å². The second-order valence-corrected chi connectivity index (χ2v) is 5.04. The van der Waals surface area contributed by atoms with Crippen molar-refractivity contribution in [3.8, 4) is 11.5 Å². The van der Waals surface area contributed by atoms with Crippen LogP contribution in [0.15, 0.2) is 53.6 Å². The highest BCUT2D eigenvalue weighted by Crippen LogP contribution is 2.34. The van der Waals surface area contributed by atoms with E-state index >= 15 is 0 Å². The Kier molecular flexibility index (Phi) is 3.78. The van der Waals surface area contributed by atoms with Gasteiger partial charge in [-0.2, -0.15) is 5.10 Å². The van der Waals surface area contributed by atoms with Gasteiger partial charge in [0.2, 0.25) is 5.91 Å². The molecule has 1 aliphatic rings. The molecule has 1 saturated heterocycles. The maximum Gasteiger partial charge on any atom is 0.245 e. The van der Waals surface area contributed by atoms with E-state index in [0.717, 1.165) is 5.56 Å². The first kappa shape index (κ1) is 14.1. The monoisotopic (exact) mass is 296 g/mol. The van der Waals surface area contributed by atoms with E-state index in [1.165, 1.54) is 17.3 Å². The number of β-lactam (4-membered cyclic amide) rings is 1. The Morgan fingerprint density at radius 2 is 2.05 bits per heavy atom. The molecule has 1 aliphatic heterocycles. The smallest absolute Gasteiger partial charge is 0.245 e. The first-order valence-electron chi connectivity index (χ1n) is 6.97. The van der Waals surface area contributed by atoms with Gasteiger partial charge in [0.15, 0.2) is 0 Å². The van der Waals surface area contributed by atoms with Gasteiger partial charge in [0.1, 0.15) is 11.5 Å². The average molecular weight is 296 g/mol. The van der Waals surface area contributed by atoms with E-state index in [1.807, 2.05) is 30.3 Å². The number of aromatic hydroxyl groups is 1. The molecule has 5 nitrogen and oxygen atoms in total. The molecule has 1 atom stereocenters. The Morgan fingerprint density at radius 3 is 2.73 bits per heavy atom. The summed E-state index contributed by atoms with van der Waals surface area (Å²) in [7, 11) is 1.55. The summed E-state index contributed by atoms with van der Waals surface area (Å²) in [6, 6.07) is 14.6. The predicted octanol–water partition coefficient (Wildman–Crippen LogP) is 2.71. The van der Waals surface area contributed by atoms with Gasteiger partial charge in [-0.05, 0) is 23.8 Å². The van der Waals surface area contributed by atoms with Crippen LogP contribution >= 0.6 is 0 Å². The standard InChI is InChI=1S/C17H16N2O3/c1-22-14-7-8-16(20)13(9-14)11-18-19-15(10-17(19)21)12-5-3-2-4-6-12/h2-9,11,15,20H,10H2,1H3. The minimum Gasteiger partial charge on any atom is -0.507 e. The van der Waals surface area contributed by atoms with Gasteiger partial charge in [0.05, 0.1) is 25.8 Å². The second kappa shape index (κ2) is 5.89. The highest BCUT2D eigenvalue weighted by Gasteiger charge is 2.37. The summed E-state index contributed by atoms with van der Waals surface area (Å²) in [5.41, 5.74) is 1.56. The third-order valence-electron chi connectivity index (χ3n) is 3.66. The molecule has 1 fully saturated rings. The molecule has 1 heterocycles. The minimum absolute atomic E-state index is 0.0347. The lowest BCUT2D eigenvalue weighted by atomic mass is 9.96. The lowest BCUT2D eigenvalue weighted by Crippen LogP contribution is -2.42. The summed E-state index contributed by atoms with van der Waals surface area (Å²) in [6.07, 6.45) is 1.93. The second-order valence-electron chi connectivity index (χ2n) is 5.04. The van der Waals surface area contributed by atoms with Gasteiger partial charge in [-0.1, -0.05) is 30.3 Å². The van der Waals surface area contributed by atoms with Crippen molar-refractivity contribution < 1.29 is 14.6 Å². The fourth-order valence-electron chi connectivity index (χ4n) is 2.37. The maximum absolute atomic E-state index is 11.8. The summed E-state index contributed by atoms with van der Waals surface area (Å²) in [6.45, 7) is 0. The fraction of sp³-hybridized carbons (Fsp3) is 0.176. The van der Waals surface area contributed by atoms with E-state index in [9.17, 15) is 9.90 Å². The molecule has 112 valence electrons. The van der Waals surface area contributed by atoms with Crippen LogP contribution in [0.4, 0.5) is 0 Å².